The van der Waals surface area contributed by atoms with E-state index in [9.17, 15) is 0 Å². The average molecular weight is 318 g/mol. The highest BCUT2D eigenvalue weighted by molar-refractivity contribution is 7.13. The lowest BCUT2D eigenvalue weighted by atomic mass is 9.90. The number of benzene rings is 1. The van der Waals surface area contributed by atoms with Crippen molar-refractivity contribution in [2.24, 2.45) is 0 Å². The fourth-order valence-electron chi connectivity index (χ4n) is 2.72. The molecule has 0 bridgehead atoms. The highest BCUT2D eigenvalue weighted by Crippen LogP contribution is 2.32. The van der Waals surface area contributed by atoms with E-state index in [4.69, 9.17) is 4.74 Å². The van der Waals surface area contributed by atoms with Gasteiger partial charge in [0.15, 0.2) is 0 Å². The zero-order chi connectivity index (χ0) is 15.6. The van der Waals surface area contributed by atoms with Crippen molar-refractivity contribution in [1.82, 2.24) is 10.2 Å². The van der Waals surface area contributed by atoms with E-state index < -0.39 is 0 Å². The van der Waals surface area contributed by atoms with Gasteiger partial charge in [-0.3, -0.25) is 0 Å². The Morgan fingerprint density at radius 1 is 1.09 bits per heavy atom. The van der Waals surface area contributed by atoms with Crippen molar-refractivity contribution >= 4 is 11.3 Å². The maximum atomic E-state index is 5.84. The Morgan fingerprint density at radius 2 is 1.77 bits per heavy atom. The standard InChI is InChI=1S/C17H23N3OS/c1-17(2,3)15-19-20-16(22-15)21-14-6-4-12(5-7-14)13-8-10-18-11-9-13/h4-7,13,18H,8-11H2,1-3H3/p+1. The molecule has 1 aromatic carbocycles. The first kappa shape index (κ1) is 15.4. The predicted octanol–water partition coefficient (Wildman–Crippen LogP) is 3.07. The molecule has 22 heavy (non-hydrogen) atoms. The van der Waals surface area contributed by atoms with Crippen LogP contribution in [0.2, 0.25) is 0 Å². The molecule has 2 N–H and O–H groups in total. The molecule has 1 saturated heterocycles. The largest absolute Gasteiger partial charge is 0.430 e. The van der Waals surface area contributed by atoms with Gasteiger partial charge in [-0.05, 0) is 23.6 Å². The van der Waals surface area contributed by atoms with Crippen molar-refractivity contribution in [3.05, 3.63) is 34.8 Å². The molecule has 0 saturated carbocycles. The van der Waals surface area contributed by atoms with Gasteiger partial charge in [-0.15, -0.1) is 5.10 Å². The fraction of sp³-hybridized carbons (Fsp3) is 0.529. The van der Waals surface area contributed by atoms with Crippen LogP contribution in [0.4, 0.5) is 0 Å². The highest BCUT2D eigenvalue weighted by Gasteiger charge is 2.20. The van der Waals surface area contributed by atoms with Crippen LogP contribution in [-0.4, -0.2) is 23.3 Å². The Kier molecular flexibility index (Phi) is 4.45. The molecule has 2 aromatic rings. The number of hydrogen-bond donors (Lipinski definition) is 1. The van der Waals surface area contributed by atoms with Crippen LogP contribution >= 0.6 is 11.3 Å². The molecule has 0 unspecified atom stereocenters. The van der Waals surface area contributed by atoms with Crippen LogP contribution in [0.5, 0.6) is 10.9 Å². The monoisotopic (exact) mass is 318 g/mol. The third-order valence-electron chi connectivity index (χ3n) is 4.04. The number of nitrogens with two attached hydrogens (primary N) is 1. The molecule has 2 heterocycles. The third kappa shape index (κ3) is 3.65. The van der Waals surface area contributed by atoms with Gasteiger partial charge < -0.3 is 10.1 Å². The zero-order valence-electron chi connectivity index (χ0n) is 13.5. The van der Waals surface area contributed by atoms with E-state index in [0.717, 1.165) is 10.8 Å². The van der Waals surface area contributed by atoms with Crippen molar-refractivity contribution in [1.29, 1.82) is 0 Å². The molecule has 3 rings (SSSR count). The second-order valence-corrected chi connectivity index (χ2v) is 7.87. The molecule has 1 aromatic heterocycles. The molecule has 0 atom stereocenters. The van der Waals surface area contributed by atoms with Crippen LogP contribution in [0.15, 0.2) is 24.3 Å². The van der Waals surface area contributed by atoms with Crippen LogP contribution in [0.3, 0.4) is 0 Å². The second-order valence-electron chi connectivity index (χ2n) is 6.93. The van der Waals surface area contributed by atoms with Gasteiger partial charge in [-0.2, -0.15) is 0 Å². The van der Waals surface area contributed by atoms with Crippen LogP contribution in [0.1, 0.15) is 50.1 Å². The van der Waals surface area contributed by atoms with E-state index in [0.29, 0.717) is 11.1 Å². The van der Waals surface area contributed by atoms with Crippen LogP contribution < -0.4 is 10.1 Å². The first-order chi connectivity index (χ1) is 10.5. The van der Waals surface area contributed by atoms with Crippen molar-refractivity contribution in [2.75, 3.05) is 13.1 Å². The molecule has 4 nitrogen and oxygen atoms in total. The summed E-state index contributed by atoms with van der Waals surface area (Å²) >= 11 is 1.52. The summed E-state index contributed by atoms with van der Waals surface area (Å²) in [5, 5.41) is 12.4. The maximum absolute atomic E-state index is 5.84. The fourth-order valence-corrected chi connectivity index (χ4v) is 3.50. The molecule has 118 valence electrons. The number of aromatic nitrogens is 2. The van der Waals surface area contributed by atoms with Gasteiger partial charge in [0.25, 0.3) is 5.19 Å². The van der Waals surface area contributed by atoms with E-state index in [1.54, 1.807) is 0 Å². The Labute approximate surface area is 135 Å². The van der Waals surface area contributed by atoms with Gasteiger partial charge >= 0.3 is 0 Å². The van der Waals surface area contributed by atoms with Gasteiger partial charge in [0.05, 0.1) is 13.1 Å². The number of nitrogens with zero attached hydrogens (tertiary/aromatic N) is 2. The van der Waals surface area contributed by atoms with E-state index in [1.807, 2.05) is 12.1 Å². The normalized spacial score (nSPS) is 16.7. The number of hydrogen-bond acceptors (Lipinski definition) is 4. The summed E-state index contributed by atoms with van der Waals surface area (Å²) in [5.74, 6) is 1.54. The van der Waals surface area contributed by atoms with Crippen molar-refractivity contribution in [2.45, 2.75) is 44.9 Å². The molecule has 5 heteroatoms. The molecule has 0 spiro atoms. The van der Waals surface area contributed by atoms with Crippen LogP contribution in [-0.2, 0) is 5.41 Å². The van der Waals surface area contributed by atoms with E-state index >= 15 is 0 Å². The minimum atomic E-state index is 0.0150. The molecule has 1 aliphatic rings. The predicted molar refractivity (Wildman–Crippen MR) is 88.8 cm³/mol. The van der Waals surface area contributed by atoms with Crippen molar-refractivity contribution < 1.29 is 10.1 Å². The van der Waals surface area contributed by atoms with E-state index in [1.165, 1.54) is 42.8 Å². The van der Waals surface area contributed by atoms with Crippen molar-refractivity contribution in [3.8, 4) is 10.9 Å². The summed E-state index contributed by atoms with van der Waals surface area (Å²) in [5.41, 5.74) is 1.44. The van der Waals surface area contributed by atoms with Crippen molar-refractivity contribution in [3.63, 3.8) is 0 Å². The van der Waals surface area contributed by atoms with Crippen LogP contribution in [0.25, 0.3) is 0 Å². The molecular weight excluding hydrogens is 294 g/mol. The lowest BCUT2D eigenvalue weighted by molar-refractivity contribution is -0.663. The first-order valence-electron chi connectivity index (χ1n) is 7.96. The smallest absolute Gasteiger partial charge is 0.299 e. The van der Waals surface area contributed by atoms with Crippen LogP contribution in [0, 0.1) is 0 Å². The summed E-state index contributed by atoms with van der Waals surface area (Å²) in [6, 6.07) is 8.48. The Bertz CT molecular complexity index is 610. The lowest BCUT2D eigenvalue weighted by Crippen LogP contribution is -2.86. The summed E-state index contributed by atoms with van der Waals surface area (Å²) in [4.78, 5) is 0. The molecular formula is C17H24N3OS+. The first-order valence-corrected chi connectivity index (χ1v) is 8.77. The summed E-state index contributed by atoms with van der Waals surface area (Å²) in [6.07, 6.45) is 2.54. The number of piperidine rings is 1. The van der Waals surface area contributed by atoms with Gasteiger partial charge in [0.1, 0.15) is 10.8 Å². The minimum absolute atomic E-state index is 0.0150. The Balaban J connectivity index is 1.67. The SMILES string of the molecule is CC(C)(C)c1nnc(Oc2ccc(C3CC[NH2+]CC3)cc2)s1. The van der Waals surface area contributed by atoms with Gasteiger partial charge in [0, 0.05) is 18.3 Å². The summed E-state index contributed by atoms with van der Waals surface area (Å²) in [7, 11) is 0. The molecule has 0 radical (unpaired) electrons. The molecule has 0 aliphatic carbocycles. The molecule has 1 aliphatic heterocycles. The minimum Gasteiger partial charge on any atom is -0.430 e. The maximum Gasteiger partial charge on any atom is 0.299 e. The number of rotatable bonds is 3. The quantitative estimate of drug-likeness (QED) is 0.946. The Morgan fingerprint density at radius 3 is 2.36 bits per heavy atom. The van der Waals surface area contributed by atoms with Gasteiger partial charge in [0.2, 0.25) is 0 Å². The number of ether oxygens (including phenoxy) is 1. The third-order valence-corrected chi connectivity index (χ3v) is 5.27. The average Bonchev–Trinajstić information content (AvgIpc) is 2.98. The Hall–Kier alpha value is -1.46. The zero-order valence-corrected chi connectivity index (χ0v) is 14.3. The van der Waals surface area contributed by atoms with E-state index in [2.05, 4.69) is 48.4 Å². The van der Waals surface area contributed by atoms with Gasteiger partial charge in [-0.25, -0.2) is 0 Å². The summed E-state index contributed by atoms with van der Waals surface area (Å²) in [6.45, 7) is 8.88. The van der Waals surface area contributed by atoms with Gasteiger partial charge in [-0.1, -0.05) is 49.3 Å². The molecule has 1 fully saturated rings. The highest BCUT2D eigenvalue weighted by atomic mass is 32.1. The number of quaternary nitrogens is 1. The topological polar surface area (TPSA) is 51.6 Å². The van der Waals surface area contributed by atoms with E-state index in [-0.39, 0.29) is 5.41 Å². The summed E-state index contributed by atoms with van der Waals surface area (Å²) < 4.78 is 5.84. The molecule has 0 amide bonds. The lowest BCUT2D eigenvalue weighted by Gasteiger charge is -2.20. The second kappa shape index (κ2) is 6.34.